The number of ether oxygens (including phenoxy) is 1. The zero-order valence-corrected chi connectivity index (χ0v) is 9.49. The quantitative estimate of drug-likeness (QED) is 0.591. The molecule has 2 rings (SSSR count). The largest absolute Gasteiger partial charge is 0.399 e. The molecule has 15 heavy (non-hydrogen) atoms. The first kappa shape index (κ1) is 10.8. The number of rotatable bonds is 2. The van der Waals surface area contributed by atoms with E-state index >= 15 is 0 Å². The zero-order chi connectivity index (χ0) is 10.7. The monoisotopic (exact) mass is 224 g/mol. The van der Waals surface area contributed by atoms with Gasteiger partial charge in [-0.05, 0) is 17.7 Å². The molecule has 1 fully saturated rings. The van der Waals surface area contributed by atoms with Crippen molar-refractivity contribution in [2.45, 2.75) is 5.37 Å². The van der Waals surface area contributed by atoms with Crippen molar-refractivity contribution in [2.24, 2.45) is 0 Å². The number of hydrogen-bond donors (Lipinski definition) is 2. The van der Waals surface area contributed by atoms with Crippen LogP contribution < -0.4 is 5.73 Å². The molecule has 0 saturated carbocycles. The van der Waals surface area contributed by atoms with Gasteiger partial charge in [0, 0.05) is 18.8 Å². The van der Waals surface area contributed by atoms with Gasteiger partial charge >= 0.3 is 0 Å². The van der Waals surface area contributed by atoms with Crippen LogP contribution in [-0.2, 0) is 4.74 Å². The maximum absolute atomic E-state index is 5.65. The number of nitrogens with two attached hydrogens (primary N) is 1. The van der Waals surface area contributed by atoms with Gasteiger partial charge in [0.2, 0.25) is 0 Å². The summed E-state index contributed by atoms with van der Waals surface area (Å²) in [6.07, 6.45) is 0. The topological polar surface area (TPSA) is 38.5 Å². The molecule has 0 amide bonds. The fourth-order valence-corrected chi connectivity index (χ4v) is 2.10. The summed E-state index contributed by atoms with van der Waals surface area (Å²) in [5.41, 5.74) is 7.63. The third-order valence-electron chi connectivity index (χ3n) is 2.63. The molecule has 1 saturated heterocycles. The number of thiol groups is 1. The van der Waals surface area contributed by atoms with Gasteiger partial charge in [0.25, 0.3) is 0 Å². The summed E-state index contributed by atoms with van der Waals surface area (Å²) < 4.78 is 5.31. The van der Waals surface area contributed by atoms with Crippen molar-refractivity contribution in [2.75, 3.05) is 32.0 Å². The maximum atomic E-state index is 5.65. The number of anilines is 1. The van der Waals surface area contributed by atoms with Crippen molar-refractivity contribution in [3.8, 4) is 0 Å². The SMILES string of the molecule is Nc1ccc(C(S)N2CCOCC2)cc1. The molecule has 1 aromatic rings. The van der Waals surface area contributed by atoms with Crippen LogP contribution in [0, 0.1) is 0 Å². The Balaban J connectivity index is 2.05. The van der Waals surface area contributed by atoms with Gasteiger partial charge < -0.3 is 10.5 Å². The average molecular weight is 224 g/mol. The van der Waals surface area contributed by atoms with Crippen molar-refractivity contribution in [3.63, 3.8) is 0 Å². The third-order valence-corrected chi connectivity index (χ3v) is 3.25. The van der Waals surface area contributed by atoms with Gasteiger partial charge in [0.1, 0.15) is 0 Å². The van der Waals surface area contributed by atoms with E-state index < -0.39 is 0 Å². The summed E-state index contributed by atoms with van der Waals surface area (Å²) in [7, 11) is 0. The highest BCUT2D eigenvalue weighted by Gasteiger charge is 2.18. The second kappa shape index (κ2) is 4.88. The second-order valence-electron chi connectivity index (χ2n) is 3.69. The van der Waals surface area contributed by atoms with Gasteiger partial charge in [-0.2, -0.15) is 12.6 Å². The smallest absolute Gasteiger partial charge is 0.0786 e. The Kier molecular flexibility index (Phi) is 3.51. The number of nitrogen functional groups attached to an aromatic ring is 1. The van der Waals surface area contributed by atoms with Crippen LogP contribution in [0.2, 0.25) is 0 Å². The summed E-state index contributed by atoms with van der Waals surface area (Å²) in [6.45, 7) is 3.48. The van der Waals surface area contributed by atoms with Gasteiger partial charge in [-0.15, -0.1) is 0 Å². The minimum Gasteiger partial charge on any atom is -0.399 e. The molecule has 0 bridgehead atoms. The number of benzene rings is 1. The fraction of sp³-hybridized carbons (Fsp3) is 0.455. The zero-order valence-electron chi connectivity index (χ0n) is 8.60. The van der Waals surface area contributed by atoms with Crippen LogP contribution in [0.15, 0.2) is 24.3 Å². The molecule has 0 aliphatic carbocycles. The second-order valence-corrected chi connectivity index (χ2v) is 4.18. The van der Waals surface area contributed by atoms with Crippen LogP contribution in [0.1, 0.15) is 10.9 Å². The maximum Gasteiger partial charge on any atom is 0.0786 e. The lowest BCUT2D eigenvalue weighted by molar-refractivity contribution is 0.0327. The van der Waals surface area contributed by atoms with Gasteiger partial charge in [0.15, 0.2) is 0 Å². The molecule has 1 heterocycles. The van der Waals surface area contributed by atoms with E-state index in [1.807, 2.05) is 24.3 Å². The first-order valence-corrected chi connectivity index (χ1v) is 5.64. The Morgan fingerprint density at radius 1 is 1.20 bits per heavy atom. The van der Waals surface area contributed by atoms with Crippen molar-refractivity contribution in [3.05, 3.63) is 29.8 Å². The first-order valence-electron chi connectivity index (χ1n) is 5.12. The number of morpholine rings is 1. The Hall–Kier alpha value is -0.710. The third kappa shape index (κ3) is 2.65. The standard InChI is InChI=1S/C11H16N2OS/c12-10-3-1-9(2-4-10)11(15)13-5-7-14-8-6-13/h1-4,11,15H,5-8,12H2. The van der Waals surface area contributed by atoms with E-state index in [9.17, 15) is 0 Å². The fourth-order valence-electron chi connectivity index (χ4n) is 1.70. The molecular weight excluding hydrogens is 208 g/mol. The van der Waals surface area contributed by atoms with Gasteiger partial charge in [-0.1, -0.05) is 12.1 Å². The normalized spacial score (nSPS) is 20.1. The molecule has 0 radical (unpaired) electrons. The lowest BCUT2D eigenvalue weighted by Crippen LogP contribution is -2.37. The molecule has 1 unspecified atom stereocenters. The van der Waals surface area contributed by atoms with Crippen molar-refractivity contribution in [1.29, 1.82) is 0 Å². The Labute approximate surface area is 95.6 Å². The van der Waals surface area contributed by atoms with E-state index in [0.29, 0.717) is 0 Å². The average Bonchev–Trinajstić information content (AvgIpc) is 2.30. The van der Waals surface area contributed by atoms with Crippen LogP contribution in [0.25, 0.3) is 0 Å². The molecule has 0 spiro atoms. The van der Waals surface area contributed by atoms with Crippen molar-refractivity contribution in [1.82, 2.24) is 4.90 Å². The van der Waals surface area contributed by atoms with Crippen LogP contribution in [0.5, 0.6) is 0 Å². The summed E-state index contributed by atoms with van der Waals surface area (Å²) in [5.74, 6) is 0. The molecule has 1 atom stereocenters. The molecule has 3 nitrogen and oxygen atoms in total. The molecule has 1 aliphatic heterocycles. The summed E-state index contributed by atoms with van der Waals surface area (Å²) >= 11 is 4.63. The number of hydrogen-bond acceptors (Lipinski definition) is 4. The first-order chi connectivity index (χ1) is 7.27. The van der Waals surface area contributed by atoms with E-state index in [1.165, 1.54) is 5.56 Å². The summed E-state index contributed by atoms with van der Waals surface area (Å²) in [5, 5.41) is 0.148. The molecular formula is C11H16N2OS. The molecule has 1 aromatic carbocycles. The lowest BCUT2D eigenvalue weighted by atomic mass is 10.2. The van der Waals surface area contributed by atoms with E-state index in [4.69, 9.17) is 10.5 Å². The summed E-state index contributed by atoms with van der Waals surface area (Å²) in [6, 6.07) is 7.89. The van der Waals surface area contributed by atoms with Crippen molar-refractivity contribution < 1.29 is 4.74 Å². The molecule has 0 aromatic heterocycles. The lowest BCUT2D eigenvalue weighted by Gasteiger charge is -2.31. The Morgan fingerprint density at radius 2 is 1.80 bits per heavy atom. The molecule has 4 heteroatoms. The predicted octanol–water partition coefficient (Wildman–Crippen LogP) is 1.53. The van der Waals surface area contributed by atoms with E-state index in [1.54, 1.807) is 0 Å². The molecule has 82 valence electrons. The van der Waals surface area contributed by atoms with Gasteiger partial charge in [-0.3, -0.25) is 4.90 Å². The van der Waals surface area contributed by atoms with Crippen molar-refractivity contribution >= 4 is 18.3 Å². The highest BCUT2D eigenvalue weighted by molar-refractivity contribution is 7.80. The highest BCUT2D eigenvalue weighted by Crippen LogP contribution is 2.25. The highest BCUT2D eigenvalue weighted by atomic mass is 32.1. The van der Waals surface area contributed by atoms with E-state index in [0.717, 1.165) is 32.0 Å². The van der Waals surface area contributed by atoms with E-state index in [-0.39, 0.29) is 5.37 Å². The van der Waals surface area contributed by atoms with Crippen LogP contribution in [0.3, 0.4) is 0 Å². The molecule has 1 aliphatic rings. The predicted molar refractivity (Wildman–Crippen MR) is 65.0 cm³/mol. The molecule has 2 N–H and O–H groups in total. The van der Waals surface area contributed by atoms with Gasteiger partial charge in [0.05, 0.1) is 18.6 Å². The van der Waals surface area contributed by atoms with Crippen LogP contribution in [-0.4, -0.2) is 31.2 Å². The summed E-state index contributed by atoms with van der Waals surface area (Å²) in [4.78, 5) is 2.30. The van der Waals surface area contributed by atoms with Crippen LogP contribution in [0.4, 0.5) is 5.69 Å². The minimum atomic E-state index is 0.148. The Morgan fingerprint density at radius 3 is 2.40 bits per heavy atom. The van der Waals surface area contributed by atoms with E-state index in [2.05, 4.69) is 17.5 Å². The van der Waals surface area contributed by atoms with Crippen LogP contribution >= 0.6 is 12.6 Å². The van der Waals surface area contributed by atoms with Gasteiger partial charge in [-0.25, -0.2) is 0 Å². The minimum absolute atomic E-state index is 0.148. The Bertz CT molecular complexity index is 309. The number of nitrogens with zero attached hydrogens (tertiary/aromatic N) is 1.